The molecular weight excluding hydrogens is 758 g/mol. The number of hydrogen-bond acceptors (Lipinski definition) is 12. The van der Waals surface area contributed by atoms with E-state index in [-0.39, 0.29) is 36.3 Å². The van der Waals surface area contributed by atoms with E-state index in [1.165, 1.54) is 25.9 Å². The van der Waals surface area contributed by atoms with E-state index in [1.54, 1.807) is 4.90 Å². The molecule has 328 valence electrons. The number of Topliss-reactive ketones (excluding diaryl/α,β-unsaturated/α-hetero) is 1. The minimum atomic E-state index is -0.460. The molecule has 2 amide bonds. The van der Waals surface area contributed by atoms with Crippen LogP contribution in [0.2, 0.25) is 0 Å². The quantitative estimate of drug-likeness (QED) is 0.327. The molecule has 2 N–H and O–H groups in total. The van der Waals surface area contributed by atoms with Crippen LogP contribution in [0.25, 0.3) is 0 Å². The van der Waals surface area contributed by atoms with Crippen LogP contribution in [0.4, 0.5) is 9.59 Å². The first-order chi connectivity index (χ1) is 27.1. The van der Waals surface area contributed by atoms with Gasteiger partial charge in [-0.15, -0.1) is 12.4 Å². The summed E-state index contributed by atoms with van der Waals surface area (Å²) in [6.07, 6.45) is 11.2. The highest BCUT2D eigenvalue weighted by molar-refractivity contribution is 5.85. The molecule has 6 saturated heterocycles. The minimum absolute atomic E-state index is 0. The first-order valence-electron chi connectivity index (χ1n) is 21.7. The molecule has 0 unspecified atom stereocenters. The van der Waals surface area contributed by atoms with Gasteiger partial charge in [0.05, 0.1) is 18.2 Å². The van der Waals surface area contributed by atoms with Crippen LogP contribution in [-0.2, 0) is 14.3 Å². The van der Waals surface area contributed by atoms with Crippen LogP contribution in [0.3, 0.4) is 0 Å². The molecule has 0 radical (unpaired) electrons. The molecule has 6 aliphatic heterocycles. The lowest BCUT2D eigenvalue weighted by atomic mass is 9.94. The number of halogens is 1. The highest BCUT2D eigenvalue weighted by Gasteiger charge is 2.32. The third-order valence-corrected chi connectivity index (χ3v) is 11.4. The van der Waals surface area contributed by atoms with Gasteiger partial charge in [0.25, 0.3) is 0 Å². The maximum absolute atomic E-state index is 12.0. The number of ketones is 1. The van der Waals surface area contributed by atoms with Gasteiger partial charge in [-0.25, -0.2) is 9.59 Å². The summed E-state index contributed by atoms with van der Waals surface area (Å²) in [5.41, 5.74) is -0.883. The number of piperidine rings is 6. The van der Waals surface area contributed by atoms with E-state index in [0.29, 0.717) is 43.8 Å². The molecule has 15 heteroatoms. The number of nitrogens with zero attached hydrogens (tertiary/aromatic N) is 7. The fraction of sp³-hybridized carbons (Fsp3) is 0.860. The monoisotopic (exact) mass is 832 g/mol. The first kappa shape index (κ1) is 51.0. The Morgan fingerprint density at radius 3 is 1.21 bits per heavy atom. The molecule has 58 heavy (non-hydrogen) atoms. The van der Waals surface area contributed by atoms with E-state index in [1.807, 2.05) is 46.4 Å². The van der Waals surface area contributed by atoms with E-state index in [4.69, 9.17) is 25.3 Å². The Morgan fingerprint density at radius 1 is 0.534 bits per heavy atom. The van der Waals surface area contributed by atoms with Crippen molar-refractivity contribution in [3.05, 3.63) is 0 Å². The molecule has 0 atom stereocenters. The van der Waals surface area contributed by atoms with Crippen molar-refractivity contribution in [2.24, 2.45) is 17.8 Å². The lowest BCUT2D eigenvalue weighted by Gasteiger charge is -2.41. The van der Waals surface area contributed by atoms with Gasteiger partial charge in [-0.05, 0) is 158 Å². The summed E-state index contributed by atoms with van der Waals surface area (Å²) in [7, 11) is 0. The zero-order valence-electron chi connectivity index (χ0n) is 36.4. The van der Waals surface area contributed by atoms with Gasteiger partial charge in [0.2, 0.25) is 0 Å². The van der Waals surface area contributed by atoms with Crippen molar-refractivity contribution in [2.75, 3.05) is 78.5 Å². The standard InChI is InChI=1S/C16H27N3O2.C11H19N3.C10H17NO3.C6H10N2.ClH/c1-16(2,3)21-15(20)19-10-6-14(7-11-19)18-8-4-13(12-17)5-9-18;12-9-10-3-7-14(8-4-10)11-1-5-13-6-2-11;1-10(2,3)14-9(13)11-6-4-8(12)5-7-11;7-5-6-1-3-8-4-2-6;/h13-14H,4-11H2,1-3H3;10-11,13H,1-8H2;4-7H2,1-3H3;6,8H,1-4H2;1H. The lowest BCUT2D eigenvalue weighted by Crippen LogP contribution is -2.49. The van der Waals surface area contributed by atoms with E-state index < -0.39 is 11.2 Å². The summed E-state index contributed by atoms with van der Waals surface area (Å²) in [6, 6.07) is 8.37. The molecule has 6 heterocycles. The minimum Gasteiger partial charge on any atom is -0.444 e. The second-order valence-corrected chi connectivity index (χ2v) is 18.2. The Hall–Kier alpha value is -3.19. The van der Waals surface area contributed by atoms with Gasteiger partial charge in [0, 0.05) is 68.9 Å². The van der Waals surface area contributed by atoms with Crippen LogP contribution < -0.4 is 10.6 Å². The molecule has 0 aromatic heterocycles. The average Bonchev–Trinajstić information content (AvgIpc) is 3.21. The molecule has 6 aliphatic rings. The SMILES string of the molecule is CC(C)(C)OC(=O)N1CCC(=O)CC1.CC(C)(C)OC(=O)N1CCC(N2CCC(C#N)CC2)CC1.Cl.N#CC1CCN(C2CCNCC2)CC1.N#CC1CCNCC1. The Bertz CT molecular complexity index is 1340. The van der Waals surface area contributed by atoms with Crippen molar-refractivity contribution < 1.29 is 23.9 Å². The average molecular weight is 833 g/mol. The number of likely N-dealkylation sites (tertiary alicyclic amines) is 4. The van der Waals surface area contributed by atoms with Crippen molar-refractivity contribution in [1.29, 1.82) is 15.8 Å². The van der Waals surface area contributed by atoms with Gasteiger partial charge in [0.1, 0.15) is 17.0 Å². The van der Waals surface area contributed by atoms with Crippen molar-refractivity contribution in [3.8, 4) is 18.2 Å². The number of rotatable bonds is 2. The number of nitriles is 3. The Kier molecular flexibility index (Phi) is 22.9. The highest BCUT2D eigenvalue weighted by atomic mass is 35.5. The topological polar surface area (TPSA) is 178 Å². The molecule has 0 aliphatic carbocycles. The van der Waals surface area contributed by atoms with E-state index in [2.05, 4.69) is 38.6 Å². The third-order valence-electron chi connectivity index (χ3n) is 11.4. The van der Waals surface area contributed by atoms with Gasteiger partial charge in [0.15, 0.2) is 0 Å². The molecule has 0 aromatic rings. The number of carbonyl (C=O) groups excluding carboxylic acids is 3. The third kappa shape index (κ3) is 19.7. The molecular formula is C43H74ClN9O5. The summed E-state index contributed by atoms with van der Waals surface area (Å²) >= 11 is 0. The summed E-state index contributed by atoms with van der Waals surface area (Å²) in [5, 5.41) is 32.8. The second kappa shape index (κ2) is 26.1. The van der Waals surface area contributed by atoms with Crippen molar-refractivity contribution in [1.82, 2.24) is 30.2 Å². The van der Waals surface area contributed by atoms with E-state index in [9.17, 15) is 14.4 Å². The molecule has 6 fully saturated rings. The van der Waals surface area contributed by atoms with Crippen molar-refractivity contribution >= 4 is 30.4 Å². The van der Waals surface area contributed by atoms with Gasteiger partial charge >= 0.3 is 12.2 Å². The highest BCUT2D eigenvalue weighted by Crippen LogP contribution is 2.25. The largest absolute Gasteiger partial charge is 0.444 e. The second-order valence-electron chi connectivity index (χ2n) is 18.2. The Labute approximate surface area is 355 Å². The van der Waals surface area contributed by atoms with Gasteiger partial charge in [-0.2, -0.15) is 15.8 Å². The predicted molar refractivity (Wildman–Crippen MR) is 227 cm³/mol. The van der Waals surface area contributed by atoms with Gasteiger partial charge in [-0.3, -0.25) is 4.79 Å². The van der Waals surface area contributed by atoms with Crippen LogP contribution in [0.15, 0.2) is 0 Å². The molecule has 0 spiro atoms. The first-order valence-corrected chi connectivity index (χ1v) is 21.7. The van der Waals surface area contributed by atoms with E-state index in [0.717, 1.165) is 110 Å². The maximum Gasteiger partial charge on any atom is 0.410 e. The molecule has 0 bridgehead atoms. The Morgan fingerprint density at radius 2 is 0.862 bits per heavy atom. The fourth-order valence-corrected chi connectivity index (χ4v) is 7.92. The van der Waals surface area contributed by atoms with Crippen molar-refractivity contribution in [3.63, 3.8) is 0 Å². The van der Waals surface area contributed by atoms with Gasteiger partial charge < -0.3 is 39.7 Å². The number of amides is 2. The van der Waals surface area contributed by atoms with Crippen LogP contribution in [0.5, 0.6) is 0 Å². The molecule has 0 aromatic carbocycles. The Balaban J connectivity index is 0.000000278. The number of ether oxygens (including phenoxy) is 2. The van der Waals surface area contributed by atoms with Crippen LogP contribution >= 0.6 is 12.4 Å². The van der Waals surface area contributed by atoms with Crippen LogP contribution in [0.1, 0.15) is 119 Å². The van der Waals surface area contributed by atoms with Crippen molar-refractivity contribution in [2.45, 2.75) is 142 Å². The summed E-state index contributed by atoms with van der Waals surface area (Å²) in [4.78, 5) is 43.0. The smallest absolute Gasteiger partial charge is 0.410 e. The number of hydrogen-bond donors (Lipinski definition) is 2. The van der Waals surface area contributed by atoms with E-state index >= 15 is 0 Å². The number of nitrogens with one attached hydrogen (secondary N) is 2. The molecule has 0 saturated carbocycles. The molecule has 6 rings (SSSR count). The summed E-state index contributed by atoms with van der Waals surface area (Å²) in [6.45, 7) is 22.5. The summed E-state index contributed by atoms with van der Waals surface area (Å²) in [5.74, 6) is 1.12. The zero-order chi connectivity index (χ0) is 41.8. The molecule has 14 nitrogen and oxygen atoms in total. The fourth-order valence-electron chi connectivity index (χ4n) is 7.92. The van der Waals surface area contributed by atoms with Gasteiger partial charge in [-0.1, -0.05) is 0 Å². The normalized spacial score (nSPS) is 22.4. The lowest BCUT2D eigenvalue weighted by molar-refractivity contribution is -0.121. The van der Waals surface area contributed by atoms with Crippen LogP contribution in [0, 0.1) is 51.7 Å². The number of carbonyl (C=O) groups is 3. The summed E-state index contributed by atoms with van der Waals surface area (Å²) < 4.78 is 10.6. The predicted octanol–water partition coefficient (Wildman–Crippen LogP) is 6.11. The zero-order valence-corrected chi connectivity index (χ0v) is 37.3. The van der Waals surface area contributed by atoms with Crippen LogP contribution in [-0.4, -0.2) is 139 Å². The maximum atomic E-state index is 12.0.